The SMILES string of the molecule is Cc1ccc(NC(=O)CN(C)C(=O)CN(Cc2cccc(F)c2)C2CC2)cc1. The van der Waals surface area contributed by atoms with E-state index in [1.54, 1.807) is 13.1 Å². The van der Waals surface area contributed by atoms with Crippen LogP contribution in [0.1, 0.15) is 24.0 Å². The molecule has 0 heterocycles. The molecule has 0 radical (unpaired) electrons. The molecule has 0 saturated heterocycles. The van der Waals surface area contributed by atoms with Gasteiger partial charge in [0.25, 0.3) is 0 Å². The molecule has 1 aliphatic rings. The Kier molecular flexibility index (Phi) is 6.41. The minimum Gasteiger partial charge on any atom is -0.335 e. The quantitative estimate of drug-likeness (QED) is 0.762. The van der Waals surface area contributed by atoms with Crippen LogP contribution >= 0.6 is 0 Å². The summed E-state index contributed by atoms with van der Waals surface area (Å²) in [5, 5.41) is 2.80. The van der Waals surface area contributed by atoms with E-state index in [0.29, 0.717) is 18.3 Å². The topological polar surface area (TPSA) is 52.7 Å². The first kappa shape index (κ1) is 20.0. The number of nitrogens with one attached hydrogen (secondary N) is 1. The van der Waals surface area contributed by atoms with E-state index < -0.39 is 0 Å². The summed E-state index contributed by atoms with van der Waals surface area (Å²) in [5.74, 6) is -0.630. The van der Waals surface area contributed by atoms with Crippen molar-refractivity contribution in [2.75, 3.05) is 25.5 Å². The molecule has 0 aliphatic heterocycles. The van der Waals surface area contributed by atoms with Crippen LogP contribution in [0.15, 0.2) is 48.5 Å². The highest BCUT2D eigenvalue weighted by Gasteiger charge is 2.31. The average molecular weight is 383 g/mol. The standard InChI is InChI=1S/C22H26FN3O2/c1-16-6-8-19(9-7-16)24-21(27)14-25(2)22(28)15-26(20-10-11-20)13-17-4-3-5-18(23)12-17/h3-9,12,20H,10-11,13-15H2,1-2H3,(H,24,27). The largest absolute Gasteiger partial charge is 0.335 e. The van der Waals surface area contributed by atoms with E-state index in [0.717, 1.165) is 24.0 Å². The van der Waals surface area contributed by atoms with Crippen LogP contribution in [0.5, 0.6) is 0 Å². The van der Waals surface area contributed by atoms with Crippen molar-refractivity contribution in [3.05, 3.63) is 65.5 Å². The van der Waals surface area contributed by atoms with Crippen molar-refractivity contribution in [2.24, 2.45) is 0 Å². The van der Waals surface area contributed by atoms with Crippen LogP contribution < -0.4 is 5.32 Å². The fourth-order valence-corrected chi connectivity index (χ4v) is 3.06. The highest BCUT2D eigenvalue weighted by Crippen LogP contribution is 2.28. The van der Waals surface area contributed by atoms with Gasteiger partial charge in [0.2, 0.25) is 11.8 Å². The van der Waals surface area contributed by atoms with Gasteiger partial charge in [-0.2, -0.15) is 0 Å². The number of benzene rings is 2. The maximum Gasteiger partial charge on any atom is 0.243 e. The summed E-state index contributed by atoms with van der Waals surface area (Å²) in [7, 11) is 1.63. The van der Waals surface area contributed by atoms with E-state index in [1.807, 2.05) is 37.3 Å². The number of nitrogens with zero attached hydrogens (tertiary/aromatic N) is 2. The monoisotopic (exact) mass is 383 g/mol. The van der Waals surface area contributed by atoms with Gasteiger partial charge in [0.1, 0.15) is 5.82 Å². The van der Waals surface area contributed by atoms with E-state index in [-0.39, 0.29) is 30.7 Å². The summed E-state index contributed by atoms with van der Waals surface area (Å²) in [5.41, 5.74) is 2.67. The zero-order valence-electron chi connectivity index (χ0n) is 16.3. The molecule has 3 rings (SSSR count). The Morgan fingerprint density at radius 2 is 1.82 bits per heavy atom. The van der Waals surface area contributed by atoms with E-state index in [4.69, 9.17) is 0 Å². The highest BCUT2D eigenvalue weighted by molar-refractivity contribution is 5.94. The second kappa shape index (κ2) is 8.97. The molecule has 2 amide bonds. The van der Waals surface area contributed by atoms with Crippen molar-refractivity contribution in [1.29, 1.82) is 0 Å². The second-order valence-corrected chi connectivity index (χ2v) is 7.43. The van der Waals surface area contributed by atoms with Crippen LogP contribution in [0.25, 0.3) is 0 Å². The van der Waals surface area contributed by atoms with Crippen molar-refractivity contribution in [3.63, 3.8) is 0 Å². The molecule has 1 aliphatic carbocycles. The first-order valence-electron chi connectivity index (χ1n) is 9.49. The molecule has 0 bridgehead atoms. The molecule has 0 unspecified atom stereocenters. The summed E-state index contributed by atoms with van der Waals surface area (Å²) in [6, 6.07) is 14.3. The van der Waals surface area contributed by atoms with Crippen LogP contribution in [0.2, 0.25) is 0 Å². The Morgan fingerprint density at radius 1 is 1.11 bits per heavy atom. The number of carbonyl (C=O) groups excluding carboxylic acids is 2. The van der Waals surface area contributed by atoms with Crippen molar-refractivity contribution >= 4 is 17.5 Å². The third kappa shape index (κ3) is 5.89. The van der Waals surface area contributed by atoms with E-state index in [9.17, 15) is 14.0 Å². The highest BCUT2D eigenvalue weighted by atomic mass is 19.1. The smallest absolute Gasteiger partial charge is 0.243 e. The number of anilines is 1. The molecule has 1 N–H and O–H groups in total. The fourth-order valence-electron chi connectivity index (χ4n) is 3.06. The van der Waals surface area contributed by atoms with Gasteiger partial charge in [-0.1, -0.05) is 29.8 Å². The Labute approximate surface area is 165 Å². The first-order chi connectivity index (χ1) is 13.4. The summed E-state index contributed by atoms with van der Waals surface area (Å²) < 4.78 is 13.4. The average Bonchev–Trinajstić information content (AvgIpc) is 3.48. The number of hydrogen-bond donors (Lipinski definition) is 1. The van der Waals surface area contributed by atoms with Gasteiger partial charge in [-0.3, -0.25) is 14.5 Å². The van der Waals surface area contributed by atoms with Gasteiger partial charge in [0.05, 0.1) is 13.1 Å². The predicted molar refractivity (Wildman–Crippen MR) is 107 cm³/mol. The third-order valence-corrected chi connectivity index (χ3v) is 4.82. The van der Waals surface area contributed by atoms with Gasteiger partial charge in [-0.15, -0.1) is 0 Å². The summed E-state index contributed by atoms with van der Waals surface area (Å²) >= 11 is 0. The molecular weight excluding hydrogens is 357 g/mol. The van der Waals surface area contributed by atoms with Crippen molar-refractivity contribution < 1.29 is 14.0 Å². The molecule has 0 aromatic heterocycles. The molecular formula is C22H26FN3O2. The summed E-state index contributed by atoms with van der Waals surface area (Å²) in [4.78, 5) is 28.3. The molecule has 5 nitrogen and oxygen atoms in total. The van der Waals surface area contributed by atoms with E-state index in [1.165, 1.54) is 17.0 Å². The molecule has 0 spiro atoms. The normalized spacial score (nSPS) is 13.4. The Hall–Kier alpha value is -2.73. The Bertz CT molecular complexity index is 834. The maximum atomic E-state index is 13.4. The number of carbonyl (C=O) groups is 2. The Balaban J connectivity index is 1.52. The van der Waals surface area contributed by atoms with Gasteiger partial charge in [0.15, 0.2) is 0 Å². The zero-order chi connectivity index (χ0) is 20.1. The van der Waals surface area contributed by atoms with Crippen LogP contribution in [0.3, 0.4) is 0 Å². The van der Waals surface area contributed by atoms with Crippen LogP contribution in [0.4, 0.5) is 10.1 Å². The molecule has 0 atom stereocenters. The lowest BCUT2D eigenvalue weighted by Crippen LogP contribution is -2.42. The van der Waals surface area contributed by atoms with Crippen LogP contribution in [-0.2, 0) is 16.1 Å². The molecule has 148 valence electrons. The zero-order valence-corrected chi connectivity index (χ0v) is 16.3. The number of hydrogen-bond acceptors (Lipinski definition) is 3. The fraction of sp³-hybridized carbons (Fsp3) is 0.364. The summed E-state index contributed by atoms with van der Waals surface area (Å²) in [6.07, 6.45) is 2.08. The number of rotatable bonds is 8. The van der Waals surface area contributed by atoms with E-state index in [2.05, 4.69) is 10.2 Å². The Morgan fingerprint density at radius 3 is 2.46 bits per heavy atom. The molecule has 2 aromatic rings. The van der Waals surface area contributed by atoms with Crippen LogP contribution in [0, 0.1) is 12.7 Å². The van der Waals surface area contributed by atoms with Gasteiger partial charge in [-0.25, -0.2) is 4.39 Å². The minimum absolute atomic E-state index is 0.00875. The number of aryl methyl sites for hydroxylation is 1. The van der Waals surface area contributed by atoms with Gasteiger partial charge in [0, 0.05) is 25.3 Å². The van der Waals surface area contributed by atoms with Gasteiger partial charge in [-0.05, 0) is 49.6 Å². The maximum absolute atomic E-state index is 13.4. The lowest BCUT2D eigenvalue weighted by Gasteiger charge is -2.25. The van der Waals surface area contributed by atoms with E-state index >= 15 is 0 Å². The molecule has 1 saturated carbocycles. The molecule has 6 heteroatoms. The molecule has 1 fully saturated rings. The van der Waals surface area contributed by atoms with Crippen molar-refractivity contribution in [3.8, 4) is 0 Å². The number of halogens is 1. The number of likely N-dealkylation sites (N-methyl/N-ethyl adjacent to an activating group) is 1. The second-order valence-electron chi connectivity index (χ2n) is 7.43. The van der Waals surface area contributed by atoms with Crippen LogP contribution in [-0.4, -0.2) is 47.8 Å². The summed E-state index contributed by atoms with van der Waals surface area (Å²) in [6.45, 7) is 2.71. The molecule has 2 aromatic carbocycles. The van der Waals surface area contributed by atoms with Crippen molar-refractivity contribution in [1.82, 2.24) is 9.80 Å². The third-order valence-electron chi connectivity index (χ3n) is 4.82. The minimum atomic E-state index is -0.274. The lowest BCUT2D eigenvalue weighted by atomic mass is 10.2. The number of amides is 2. The predicted octanol–water partition coefficient (Wildman–Crippen LogP) is 3.20. The molecule has 28 heavy (non-hydrogen) atoms. The van der Waals surface area contributed by atoms with Crippen molar-refractivity contribution in [2.45, 2.75) is 32.4 Å². The van der Waals surface area contributed by atoms with Gasteiger partial charge >= 0.3 is 0 Å². The lowest BCUT2D eigenvalue weighted by molar-refractivity contribution is -0.134. The first-order valence-corrected chi connectivity index (χ1v) is 9.49. The van der Waals surface area contributed by atoms with Gasteiger partial charge < -0.3 is 10.2 Å².